The first kappa shape index (κ1) is 15.9. The highest BCUT2D eigenvalue weighted by atomic mass is 16.5. The van der Waals surface area contributed by atoms with Crippen LogP contribution in [0.1, 0.15) is 6.92 Å². The van der Waals surface area contributed by atoms with Crippen molar-refractivity contribution in [2.24, 2.45) is 0 Å². The zero-order chi connectivity index (χ0) is 14.1. The Hall–Kier alpha value is -1.18. The maximum absolute atomic E-state index is 11.9. The average Bonchev–Trinajstić information content (AvgIpc) is 2.40. The molecule has 110 valence electrons. The average molecular weight is 272 g/mol. The molecule has 0 aliphatic carbocycles. The van der Waals surface area contributed by atoms with Crippen LogP contribution in [0.4, 0.5) is 0 Å². The topological polar surface area (TPSA) is 82.7 Å². The molecule has 1 saturated heterocycles. The molecular weight excluding hydrogens is 248 g/mol. The molecule has 0 aromatic heterocycles. The number of nitrogens with zero attached hydrogens (tertiary/aromatic N) is 1. The molecule has 2 amide bonds. The third-order valence-corrected chi connectivity index (χ3v) is 2.98. The predicted octanol–water partition coefficient (Wildman–Crippen LogP) is -1.84. The van der Waals surface area contributed by atoms with E-state index < -0.39 is 0 Å². The highest BCUT2D eigenvalue weighted by Gasteiger charge is 2.29. The van der Waals surface area contributed by atoms with Crippen LogP contribution in [-0.4, -0.2) is 75.7 Å². The summed E-state index contributed by atoms with van der Waals surface area (Å²) in [5, 5.41) is 8.74. The van der Waals surface area contributed by atoms with Gasteiger partial charge >= 0.3 is 0 Å². The van der Waals surface area contributed by atoms with Gasteiger partial charge in [0.2, 0.25) is 11.8 Å². The van der Waals surface area contributed by atoms with Crippen molar-refractivity contribution in [1.82, 2.24) is 20.9 Å². The number of likely N-dealkylation sites (N-methyl/N-ethyl adjacent to an activating group) is 1. The lowest BCUT2D eigenvalue weighted by atomic mass is 10.1. The van der Waals surface area contributed by atoms with Crippen molar-refractivity contribution in [3.63, 3.8) is 0 Å². The Morgan fingerprint density at radius 1 is 1.42 bits per heavy atom. The van der Waals surface area contributed by atoms with Crippen LogP contribution >= 0.6 is 0 Å². The summed E-state index contributed by atoms with van der Waals surface area (Å²) < 4.78 is 4.87. The highest BCUT2D eigenvalue weighted by Crippen LogP contribution is 2.03. The number of rotatable bonds is 7. The molecule has 1 rings (SSSR count). The van der Waals surface area contributed by atoms with Crippen molar-refractivity contribution in [2.45, 2.75) is 13.0 Å². The lowest BCUT2D eigenvalue weighted by molar-refractivity contribution is -0.129. The Morgan fingerprint density at radius 2 is 2.21 bits per heavy atom. The Labute approximate surface area is 114 Å². The predicted molar refractivity (Wildman–Crippen MR) is 71.8 cm³/mol. The molecule has 3 N–H and O–H groups in total. The fraction of sp³-hybridized carbons (Fsp3) is 0.833. The summed E-state index contributed by atoms with van der Waals surface area (Å²) >= 11 is 0. The normalized spacial score (nSPS) is 20.0. The number of carbonyl (C=O) groups is 2. The van der Waals surface area contributed by atoms with E-state index in [-0.39, 0.29) is 24.4 Å². The summed E-state index contributed by atoms with van der Waals surface area (Å²) in [4.78, 5) is 25.6. The molecule has 1 unspecified atom stereocenters. The summed E-state index contributed by atoms with van der Waals surface area (Å²) in [5.74, 6) is -0.104. The van der Waals surface area contributed by atoms with E-state index in [9.17, 15) is 9.59 Å². The second kappa shape index (κ2) is 8.84. The molecular formula is C12H24N4O3. The lowest BCUT2D eigenvalue weighted by Gasteiger charge is -2.34. The minimum Gasteiger partial charge on any atom is -0.383 e. The first-order valence-corrected chi connectivity index (χ1v) is 6.67. The summed E-state index contributed by atoms with van der Waals surface area (Å²) in [5.41, 5.74) is 0. The number of amides is 2. The molecule has 1 atom stereocenters. The van der Waals surface area contributed by atoms with E-state index in [2.05, 4.69) is 16.0 Å². The Morgan fingerprint density at radius 3 is 2.89 bits per heavy atom. The first-order chi connectivity index (χ1) is 9.19. The van der Waals surface area contributed by atoms with Gasteiger partial charge in [0.15, 0.2) is 0 Å². The molecule has 0 aromatic rings. The maximum Gasteiger partial charge on any atom is 0.238 e. The fourth-order valence-electron chi connectivity index (χ4n) is 2.02. The van der Waals surface area contributed by atoms with Gasteiger partial charge in [0.05, 0.1) is 13.2 Å². The monoisotopic (exact) mass is 272 g/mol. The van der Waals surface area contributed by atoms with Crippen LogP contribution in [0, 0.1) is 0 Å². The van der Waals surface area contributed by atoms with Crippen molar-refractivity contribution >= 4 is 11.8 Å². The Bertz CT molecular complexity index is 299. The van der Waals surface area contributed by atoms with Gasteiger partial charge in [-0.3, -0.25) is 14.5 Å². The molecule has 1 fully saturated rings. The number of ether oxygens (including phenoxy) is 1. The Balaban J connectivity index is 2.43. The number of nitrogens with one attached hydrogen (secondary N) is 3. The third-order valence-electron chi connectivity index (χ3n) is 2.98. The molecule has 7 heteroatoms. The van der Waals surface area contributed by atoms with Gasteiger partial charge in [-0.05, 0) is 6.92 Å². The zero-order valence-electron chi connectivity index (χ0n) is 11.7. The van der Waals surface area contributed by atoms with Gasteiger partial charge in [-0.25, -0.2) is 0 Å². The van der Waals surface area contributed by atoms with Crippen molar-refractivity contribution in [3.05, 3.63) is 0 Å². The first-order valence-electron chi connectivity index (χ1n) is 6.67. The molecule has 0 saturated carbocycles. The number of hydrogen-bond donors (Lipinski definition) is 3. The van der Waals surface area contributed by atoms with Crippen molar-refractivity contribution in [3.8, 4) is 0 Å². The number of carbonyl (C=O) groups excluding carboxylic acids is 2. The largest absolute Gasteiger partial charge is 0.383 e. The molecule has 1 aliphatic rings. The van der Waals surface area contributed by atoms with E-state index in [1.54, 1.807) is 7.11 Å². The van der Waals surface area contributed by atoms with Crippen LogP contribution in [-0.2, 0) is 14.3 Å². The van der Waals surface area contributed by atoms with E-state index in [1.807, 2.05) is 11.8 Å². The quantitative estimate of drug-likeness (QED) is 0.474. The highest BCUT2D eigenvalue weighted by molar-refractivity contribution is 5.84. The SMILES string of the molecule is CCNC(=O)C1CNCCN1CC(=O)NCCOC. The summed E-state index contributed by atoms with van der Waals surface area (Å²) in [6.45, 7) is 5.78. The molecule has 1 aliphatic heterocycles. The van der Waals surface area contributed by atoms with Gasteiger partial charge in [-0.2, -0.15) is 0 Å². The van der Waals surface area contributed by atoms with Crippen LogP contribution in [0.5, 0.6) is 0 Å². The molecule has 0 spiro atoms. The van der Waals surface area contributed by atoms with Crippen LogP contribution in [0.2, 0.25) is 0 Å². The number of piperazine rings is 1. The van der Waals surface area contributed by atoms with Crippen molar-refractivity contribution < 1.29 is 14.3 Å². The van der Waals surface area contributed by atoms with Crippen molar-refractivity contribution in [1.29, 1.82) is 0 Å². The lowest BCUT2D eigenvalue weighted by Crippen LogP contribution is -2.59. The van der Waals surface area contributed by atoms with E-state index in [1.165, 1.54) is 0 Å². The fourth-order valence-corrected chi connectivity index (χ4v) is 2.02. The van der Waals surface area contributed by atoms with E-state index >= 15 is 0 Å². The minimum atomic E-state index is -0.276. The smallest absolute Gasteiger partial charge is 0.238 e. The van der Waals surface area contributed by atoms with E-state index in [4.69, 9.17) is 4.74 Å². The van der Waals surface area contributed by atoms with Crippen molar-refractivity contribution in [2.75, 3.05) is 53.0 Å². The van der Waals surface area contributed by atoms with Crippen LogP contribution < -0.4 is 16.0 Å². The van der Waals surface area contributed by atoms with Gasteiger partial charge in [-0.15, -0.1) is 0 Å². The second-order valence-electron chi connectivity index (χ2n) is 4.43. The van der Waals surface area contributed by atoms with Gasteiger partial charge in [0.25, 0.3) is 0 Å². The van der Waals surface area contributed by atoms with E-state index in [0.29, 0.717) is 32.8 Å². The summed E-state index contributed by atoms with van der Waals surface area (Å²) in [6, 6.07) is -0.276. The van der Waals surface area contributed by atoms with E-state index in [0.717, 1.165) is 6.54 Å². The number of methoxy groups -OCH3 is 1. The molecule has 19 heavy (non-hydrogen) atoms. The third kappa shape index (κ3) is 5.54. The van der Waals surface area contributed by atoms with Crippen LogP contribution in [0.3, 0.4) is 0 Å². The second-order valence-corrected chi connectivity index (χ2v) is 4.43. The minimum absolute atomic E-state index is 0.0283. The molecule has 7 nitrogen and oxygen atoms in total. The summed E-state index contributed by atoms with van der Waals surface area (Å²) in [7, 11) is 1.59. The Kier molecular flexibility index (Phi) is 7.39. The molecule has 0 bridgehead atoms. The van der Waals surface area contributed by atoms with Crippen LogP contribution in [0.25, 0.3) is 0 Å². The molecule has 1 heterocycles. The zero-order valence-corrected chi connectivity index (χ0v) is 11.7. The van der Waals surface area contributed by atoms with Gasteiger partial charge in [-0.1, -0.05) is 0 Å². The molecule has 0 aromatic carbocycles. The standard InChI is InChI=1S/C12H24N4O3/c1-3-14-12(18)10-8-13-4-6-16(10)9-11(17)15-5-7-19-2/h10,13H,3-9H2,1-2H3,(H,14,18)(H,15,17). The number of hydrogen-bond acceptors (Lipinski definition) is 5. The van der Waals surface area contributed by atoms with Gasteiger partial charge in [0.1, 0.15) is 6.04 Å². The molecule has 0 radical (unpaired) electrons. The summed E-state index contributed by atoms with van der Waals surface area (Å²) in [6.07, 6.45) is 0. The van der Waals surface area contributed by atoms with Gasteiger partial charge < -0.3 is 20.7 Å². The van der Waals surface area contributed by atoms with Gasteiger partial charge in [0, 0.05) is 39.8 Å². The maximum atomic E-state index is 11.9. The van der Waals surface area contributed by atoms with Crippen LogP contribution in [0.15, 0.2) is 0 Å².